The van der Waals surface area contributed by atoms with Crippen molar-refractivity contribution in [2.24, 2.45) is 0 Å². The Hall–Kier alpha value is -2.10. The highest BCUT2D eigenvalue weighted by Gasteiger charge is 2.29. The summed E-state index contributed by atoms with van der Waals surface area (Å²) in [5.74, 6) is 3.13. The third-order valence-corrected chi connectivity index (χ3v) is 4.55. The van der Waals surface area contributed by atoms with E-state index in [2.05, 4.69) is 34.1 Å². The lowest BCUT2D eigenvalue weighted by atomic mass is 10.00. The summed E-state index contributed by atoms with van der Waals surface area (Å²) in [4.78, 5) is 11.6. The van der Waals surface area contributed by atoms with Gasteiger partial charge in [0.15, 0.2) is 0 Å². The van der Waals surface area contributed by atoms with Crippen LogP contribution in [0.2, 0.25) is 0 Å². The quantitative estimate of drug-likeness (QED) is 0.919. The highest BCUT2D eigenvalue weighted by atomic mass is 15.2. The van der Waals surface area contributed by atoms with Gasteiger partial charge in [-0.1, -0.05) is 24.3 Å². The molecular weight excluding hydrogens is 260 g/mol. The van der Waals surface area contributed by atoms with E-state index >= 15 is 0 Å². The smallest absolute Gasteiger partial charge is 0.137 e. The van der Waals surface area contributed by atoms with Crippen LogP contribution in [0.25, 0.3) is 0 Å². The van der Waals surface area contributed by atoms with E-state index in [0.29, 0.717) is 11.7 Å². The molecule has 2 aliphatic rings. The molecule has 0 saturated heterocycles. The highest BCUT2D eigenvalue weighted by molar-refractivity contribution is 5.58. The van der Waals surface area contributed by atoms with Gasteiger partial charge in [0.25, 0.3) is 0 Å². The first-order valence-corrected chi connectivity index (χ1v) is 7.68. The summed E-state index contributed by atoms with van der Waals surface area (Å²) in [5, 5.41) is 0. The van der Waals surface area contributed by atoms with Crippen molar-refractivity contribution in [1.82, 2.24) is 9.97 Å². The first-order valence-electron chi connectivity index (χ1n) is 7.68. The van der Waals surface area contributed by atoms with Crippen molar-refractivity contribution in [3.8, 4) is 0 Å². The molecule has 1 aliphatic heterocycles. The van der Waals surface area contributed by atoms with Gasteiger partial charge in [0.05, 0.1) is 0 Å². The Bertz CT molecular complexity index is 691. The Kier molecular flexibility index (Phi) is 2.84. The first kappa shape index (κ1) is 12.6. The second-order valence-electron chi connectivity index (χ2n) is 6.13. The molecule has 0 spiro atoms. The van der Waals surface area contributed by atoms with Gasteiger partial charge in [-0.15, -0.1) is 0 Å². The summed E-state index contributed by atoms with van der Waals surface area (Å²) < 4.78 is 0. The second kappa shape index (κ2) is 4.72. The third-order valence-electron chi connectivity index (χ3n) is 4.55. The predicted octanol–water partition coefficient (Wildman–Crippen LogP) is 2.81. The maximum absolute atomic E-state index is 6.11. The zero-order valence-corrected chi connectivity index (χ0v) is 12.3. The topological polar surface area (TPSA) is 55.0 Å². The lowest BCUT2D eigenvalue weighted by Gasteiger charge is -2.31. The second-order valence-corrected chi connectivity index (χ2v) is 6.13. The van der Waals surface area contributed by atoms with Crippen molar-refractivity contribution in [2.75, 3.05) is 17.2 Å². The van der Waals surface area contributed by atoms with Crippen molar-refractivity contribution < 1.29 is 0 Å². The van der Waals surface area contributed by atoms with E-state index in [0.717, 1.165) is 36.7 Å². The minimum Gasteiger partial charge on any atom is -0.383 e. The number of rotatable bonds is 2. The molecule has 1 aromatic carbocycles. The van der Waals surface area contributed by atoms with Crippen molar-refractivity contribution >= 4 is 11.6 Å². The van der Waals surface area contributed by atoms with E-state index in [1.807, 2.05) is 6.92 Å². The van der Waals surface area contributed by atoms with E-state index in [1.165, 1.54) is 24.0 Å². The molecule has 1 aliphatic carbocycles. The number of hydrogen-bond acceptors (Lipinski definition) is 4. The Morgan fingerprint density at radius 3 is 2.67 bits per heavy atom. The summed E-state index contributed by atoms with van der Waals surface area (Å²) in [7, 11) is 0. The molecule has 2 N–H and O–H groups in total. The normalized spacial score (nSPS) is 17.7. The van der Waals surface area contributed by atoms with E-state index < -0.39 is 0 Å². The summed E-state index contributed by atoms with van der Waals surface area (Å²) >= 11 is 0. The fourth-order valence-corrected chi connectivity index (χ4v) is 3.05. The summed E-state index contributed by atoms with van der Waals surface area (Å²) in [6, 6.07) is 8.67. The van der Waals surface area contributed by atoms with Gasteiger partial charge in [-0.25, -0.2) is 9.97 Å². The predicted molar refractivity (Wildman–Crippen MR) is 84.4 cm³/mol. The summed E-state index contributed by atoms with van der Waals surface area (Å²) in [5.41, 5.74) is 9.97. The standard InChI is InChI=1S/C17H20N4/c1-11-15(18)19-16(13-6-7-13)20-17(11)21-9-8-12-4-2-3-5-14(12)10-21/h2-5,13H,6-10H2,1H3,(H2,18,19,20). The van der Waals surface area contributed by atoms with Gasteiger partial charge >= 0.3 is 0 Å². The van der Waals surface area contributed by atoms with Crippen LogP contribution in [0.5, 0.6) is 0 Å². The van der Waals surface area contributed by atoms with Gasteiger partial charge in [0.1, 0.15) is 17.5 Å². The fraction of sp³-hybridized carbons (Fsp3) is 0.412. The fourth-order valence-electron chi connectivity index (χ4n) is 3.05. The molecule has 4 rings (SSSR count). The molecule has 2 heterocycles. The van der Waals surface area contributed by atoms with Crippen LogP contribution in [-0.4, -0.2) is 16.5 Å². The van der Waals surface area contributed by atoms with Crippen molar-refractivity contribution in [1.29, 1.82) is 0 Å². The van der Waals surface area contributed by atoms with Crippen LogP contribution < -0.4 is 10.6 Å². The number of nitrogen functional groups attached to an aromatic ring is 1. The molecule has 0 atom stereocenters. The van der Waals surface area contributed by atoms with Crippen molar-refractivity contribution in [3.63, 3.8) is 0 Å². The van der Waals surface area contributed by atoms with E-state index in [9.17, 15) is 0 Å². The molecule has 0 amide bonds. The molecule has 0 radical (unpaired) electrons. The average molecular weight is 280 g/mol. The van der Waals surface area contributed by atoms with Crippen LogP contribution in [0.4, 0.5) is 11.6 Å². The minimum atomic E-state index is 0.531. The van der Waals surface area contributed by atoms with Gasteiger partial charge in [-0.2, -0.15) is 0 Å². The van der Waals surface area contributed by atoms with E-state index in [-0.39, 0.29) is 0 Å². The number of nitrogens with zero attached hydrogens (tertiary/aromatic N) is 3. The minimum absolute atomic E-state index is 0.531. The first-order chi connectivity index (χ1) is 10.2. The Balaban J connectivity index is 1.71. The number of aromatic nitrogens is 2. The lowest BCUT2D eigenvalue weighted by molar-refractivity contribution is 0.711. The Morgan fingerprint density at radius 2 is 1.90 bits per heavy atom. The zero-order chi connectivity index (χ0) is 14.4. The van der Waals surface area contributed by atoms with Crippen LogP contribution >= 0.6 is 0 Å². The molecule has 1 fully saturated rings. The van der Waals surface area contributed by atoms with Gasteiger partial charge in [-0.05, 0) is 37.3 Å². The molecular formula is C17H20N4. The molecule has 0 unspecified atom stereocenters. The Morgan fingerprint density at radius 1 is 1.14 bits per heavy atom. The van der Waals surface area contributed by atoms with Gasteiger partial charge in [0.2, 0.25) is 0 Å². The SMILES string of the molecule is Cc1c(N)nc(C2CC2)nc1N1CCc2ccccc2C1. The number of hydrogen-bond donors (Lipinski definition) is 1. The zero-order valence-electron chi connectivity index (χ0n) is 12.3. The molecule has 4 nitrogen and oxygen atoms in total. The molecule has 1 saturated carbocycles. The van der Waals surface area contributed by atoms with E-state index in [1.54, 1.807) is 0 Å². The third kappa shape index (κ3) is 2.24. The van der Waals surface area contributed by atoms with Crippen LogP contribution in [0.3, 0.4) is 0 Å². The molecule has 4 heteroatoms. The summed E-state index contributed by atoms with van der Waals surface area (Å²) in [6.45, 7) is 3.94. The van der Waals surface area contributed by atoms with Crippen LogP contribution in [0, 0.1) is 6.92 Å². The molecule has 2 aromatic rings. The van der Waals surface area contributed by atoms with Gasteiger partial charge in [0, 0.05) is 24.6 Å². The van der Waals surface area contributed by atoms with Crippen LogP contribution in [0.15, 0.2) is 24.3 Å². The van der Waals surface area contributed by atoms with E-state index in [4.69, 9.17) is 10.7 Å². The molecule has 1 aromatic heterocycles. The lowest BCUT2D eigenvalue weighted by Crippen LogP contribution is -2.32. The number of nitrogens with two attached hydrogens (primary N) is 1. The number of fused-ring (bicyclic) bond motifs is 1. The largest absolute Gasteiger partial charge is 0.383 e. The maximum Gasteiger partial charge on any atom is 0.137 e. The Labute approximate surface area is 125 Å². The van der Waals surface area contributed by atoms with Crippen molar-refractivity contribution in [3.05, 3.63) is 46.8 Å². The maximum atomic E-state index is 6.11. The summed E-state index contributed by atoms with van der Waals surface area (Å²) in [6.07, 6.45) is 3.47. The monoisotopic (exact) mass is 280 g/mol. The van der Waals surface area contributed by atoms with Crippen molar-refractivity contribution in [2.45, 2.75) is 38.6 Å². The van der Waals surface area contributed by atoms with Crippen LogP contribution in [0.1, 0.15) is 41.3 Å². The molecule has 108 valence electrons. The van der Waals surface area contributed by atoms with Gasteiger partial charge < -0.3 is 10.6 Å². The molecule has 21 heavy (non-hydrogen) atoms. The number of anilines is 2. The average Bonchev–Trinajstić information content (AvgIpc) is 3.34. The van der Waals surface area contributed by atoms with Gasteiger partial charge in [-0.3, -0.25) is 0 Å². The highest BCUT2D eigenvalue weighted by Crippen LogP contribution is 2.40. The molecule has 0 bridgehead atoms. The number of benzene rings is 1. The van der Waals surface area contributed by atoms with Crippen LogP contribution in [-0.2, 0) is 13.0 Å².